The predicted molar refractivity (Wildman–Crippen MR) is 105 cm³/mol. The van der Waals surface area contributed by atoms with Crippen LogP contribution in [0.15, 0.2) is 53.4 Å². The third-order valence-electron chi connectivity index (χ3n) is 2.95. The molecule has 0 bridgehead atoms. The molecule has 0 atom stereocenters. The molecule has 128 valence electrons. The van der Waals surface area contributed by atoms with E-state index in [9.17, 15) is 4.79 Å². The summed E-state index contributed by atoms with van der Waals surface area (Å²) >= 11 is 14.7. The number of rotatable bonds is 5. The van der Waals surface area contributed by atoms with Gasteiger partial charge in [-0.25, -0.2) is 4.79 Å². The molecule has 0 saturated heterocycles. The summed E-state index contributed by atoms with van der Waals surface area (Å²) in [4.78, 5) is 13.1. The first-order valence-electron chi connectivity index (χ1n) is 7.13. The number of carbonyl (C=O) groups is 1. The van der Waals surface area contributed by atoms with E-state index in [1.807, 2.05) is 24.3 Å². The number of halogens is 2. The van der Waals surface area contributed by atoms with Gasteiger partial charge in [0.15, 0.2) is 0 Å². The first-order chi connectivity index (χ1) is 12.1. The summed E-state index contributed by atoms with van der Waals surface area (Å²) in [5.41, 5.74) is 0.605. The molecule has 0 aliphatic rings. The Kier molecular flexibility index (Phi) is 6.14. The van der Waals surface area contributed by atoms with Crippen molar-refractivity contribution in [2.75, 3.05) is 10.6 Å². The summed E-state index contributed by atoms with van der Waals surface area (Å²) in [5.74, 6) is 0.664. The fraction of sp³-hybridized carbons (Fsp3) is 0.0625. The number of benzene rings is 2. The molecule has 0 radical (unpaired) electrons. The molecule has 9 heteroatoms. The average Bonchev–Trinajstić information content (AvgIpc) is 3.01. The molecular weight excluding hydrogens is 399 g/mol. The van der Waals surface area contributed by atoms with E-state index in [0.717, 1.165) is 9.90 Å². The van der Waals surface area contributed by atoms with Crippen LogP contribution in [0.1, 0.15) is 5.01 Å². The predicted octanol–water partition coefficient (Wildman–Crippen LogP) is 5.78. The maximum atomic E-state index is 12.0. The van der Waals surface area contributed by atoms with Crippen molar-refractivity contribution in [3.05, 3.63) is 63.6 Å². The van der Waals surface area contributed by atoms with Gasteiger partial charge < -0.3 is 5.32 Å². The number of aromatic nitrogens is 2. The third kappa shape index (κ3) is 5.61. The standard InChI is InChI=1S/C16H12Cl2N4OS2/c17-10-4-6-13(7-5-10)24-9-14-21-22-16(25-14)20-15(23)19-12-3-1-2-11(18)8-12/h1-8H,9H2,(H2,19,20,22,23). The van der Waals surface area contributed by atoms with Crippen LogP contribution >= 0.6 is 46.3 Å². The minimum Gasteiger partial charge on any atom is -0.308 e. The number of carbonyl (C=O) groups excluding carboxylic acids is 1. The van der Waals surface area contributed by atoms with Crippen LogP contribution in [0.25, 0.3) is 0 Å². The Balaban J connectivity index is 1.52. The molecule has 0 saturated carbocycles. The van der Waals surface area contributed by atoms with Crippen molar-refractivity contribution in [1.82, 2.24) is 10.2 Å². The highest BCUT2D eigenvalue weighted by Gasteiger charge is 2.09. The van der Waals surface area contributed by atoms with Crippen LogP contribution in [0, 0.1) is 0 Å². The number of thioether (sulfide) groups is 1. The maximum absolute atomic E-state index is 12.0. The van der Waals surface area contributed by atoms with E-state index in [0.29, 0.717) is 26.6 Å². The fourth-order valence-corrected chi connectivity index (χ4v) is 3.80. The van der Waals surface area contributed by atoms with Crippen LogP contribution in [-0.2, 0) is 5.75 Å². The summed E-state index contributed by atoms with van der Waals surface area (Å²) < 4.78 is 0. The number of urea groups is 1. The Morgan fingerprint density at radius 1 is 1.04 bits per heavy atom. The maximum Gasteiger partial charge on any atom is 0.325 e. The topological polar surface area (TPSA) is 66.9 Å². The van der Waals surface area contributed by atoms with Gasteiger partial charge in [-0.2, -0.15) is 0 Å². The first-order valence-corrected chi connectivity index (χ1v) is 9.68. The molecule has 25 heavy (non-hydrogen) atoms. The second kappa shape index (κ2) is 8.53. The molecule has 0 aliphatic carbocycles. The summed E-state index contributed by atoms with van der Waals surface area (Å²) in [6.45, 7) is 0. The molecule has 3 aromatic rings. The Bertz CT molecular complexity index is 871. The molecule has 1 aromatic heterocycles. The van der Waals surface area contributed by atoms with Gasteiger partial charge in [-0.3, -0.25) is 5.32 Å². The number of nitrogens with zero attached hydrogens (tertiary/aromatic N) is 2. The molecule has 0 aliphatic heterocycles. The van der Waals surface area contributed by atoms with E-state index in [2.05, 4.69) is 20.8 Å². The minimum atomic E-state index is -0.393. The zero-order valence-electron chi connectivity index (χ0n) is 12.7. The van der Waals surface area contributed by atoms with E-state index in [4.69, 9.17) is 23.2 Å². The molecule has 2 aromatic carbocycles. The zero-order valence-corrected chi connectivity index (χ0v) is 15.8. The van der Waals surface area contributed by atoms with Crippen molar-refractivity contribution in [1.29, 1.82) is 0 Å². The van der Waals surface area contributed by atoms with Crippen LogP contribution in [0.2, 0.25) is 10.0 Å². The number of anilines is 2. The molecule has 3 rings (SSSR count). The molecule has 5 nitrogen and oxygen atoms in total. The lowest BCUT2D eigenvalue weighted by atomic mass is 10.3. The molecule has 1 heterocycles. The number of nitrogens with one attached hydrogen (secondary N) is 2. The monoisotopic (exact) mass is 410 g/mol. The Labute approximate surface area is 162 Å². The van der Waals surface area contributed by atoms with Gasteiger partial charge >= 0.3 is 6.03 Å². The second-order valence-corrected chi connectivity index (χ2v) is 7.82. The van der Waals surface area contributed by atoms with Crippen molar-refractivity contribution in [3.8, 4) is 0 Å². The largest absolute Gasteiger partial charge is 0.325 e. The first kappa shape index (κ1) is 18.0. The lowest BCUT2D eigenvalue weighted by Crippen LogP contribution is -2.19. The number of amides is 2. The minimum absolute atomic E-state index is 0.393. The van der Waals surface area contributed by atoms with Gasteiger partial charge in [0.05, 0.1) is 5.75 Å². The molecule has 0 unspecified atom stereocenters. The van der Waals surface area contributed by atoms with Crippen molar-refractivity contribution in [2.45, 2.75) is 10.6 Å². The van der Waals surface area contributed by atoms with Crippen LogP contribution in [0.3, 0.4) is 0 Å². The van der Waals surface area contributed by atoms with Crippen LogP contribution < -0.4 is 10.6 Å². The van der Waals surface area contributed by atoms with Gasteiger partial charge in [-0.1, -0.05) is 40.6 Å². The molecule has 0 spiro atoms. The molecule has 2 amide bonds. The normalized spacial score (nSPS) is 10.5. The molecule has 2 N–H and O–H groups in total. The van der Waals surface area contributed by atoms with Crippen molar-refractivity contribution in [2.24, 2.45) is 0 Å². The fourth-order valence-electron chi connectivity index (χ4n) is 1.86. The van der Waals surface area contributed by atoms with Gasteiger partial charge in [0.1, 0.15) is 5.01 Å². The van der Waals surface area contributed by atoms with Gasteiger partial charge in [-0.05, 0) is 42.5 Å². The van der Waals surface area contributed by atoms with Crippen LogP contribution in [0.5, 0.6) is 0 Å². The van der Waals surface area contributed by atoms with Crippen molar-refractivity contribution < 1.29 is 4.79 Å². The third-order valence-corrected chi connectivity index (χ3v) is 5.48. The van der Waals surface area contributed by atoms with Crippen LogP contribution in [-0.4, -0.2) is 16.2 Å². The van der Waals surface area contributed by atoms with Crippen LogP contribution in [0.4, 0.5) is 15.6 Å². The Morgan fingerprint density at radius 2 is 1.84 bits per heavy atom. The van der Waals surface area contributed by atoms with Crippen molar-refractivity contribution in [3.63, 3.8) is 0 Å². The van der Waals surface area contributed by atoms with E-state index in [1.54, 1.807) is 36.0 Å². The highest BCUT2D eigenvalue weighted by atomic mass is 35.5. The summed E-state index contributed by atoms with van der Waals surface area (Å²) in [5, 5.41) is 15.9. The molecular formula is C16H12Cl2N4OS2. The summed E-state index contributed by atoms with van der Waals surface area (Å²) in [6, 6.07) is 14.1. The second-order valence-electron chi connectivity index (χ2n) is 4.83. The number of hydrogen-bond donors (Lipinski definition) is 2. The lowest BCUT2D eigenvalue weighted by Gasteiger charge is -2.04. The average molecular weight is 411 g/mol. The van der Waals surface area contributed by atoms with Gasteiger partial charge in [0.25, 0.3) is 0 Å². The molecule has 0 fully saturated rings. The lowest BCUT2D eigenvalue weighted by molar-refractivity contribution is 0.262. The number of hydrogen-bond acceptors (Lipinski definition) is 5. The van der Waals surface area contributed by atoms with Gasteiger partial charge in [0, 0.05) is 20.6 Å². The summed E-state index contributed by atoms with van der Waals surface area (Å²) in [7, 11) is 0. The quantitative estimate of drug-likeness (QED) is 0.522. The zero-order chi connectivity index (χ0) is 17.6. The van der Waals surface area contributed by atoms with Gasteiger partial charge in [-0.15, -0.1) is 22.0 Å². The van der Waals surface area contributed by atoms with E-state index in [1.165, 1.54) is 11.3 Å². The van der Waals surface area contributed by atoms with E-state index in [-0.39, 0.29) is 0 Å². The van der Waals surface area contributed by atoms with Gasteiger partial charge in [0.2, 0.25) is 5.13 Å². The van der Waals surface area contributed by atoms with E-state index < -0.39 is 6.03 Å². The van der Waals surface area contributed by atoms with Crippen molar-refractivity contribution >= 4 is 63.2 Å². The SMILES string of the molecule is O=C(Nc1cccc(Cl)c1)Nc1nnc(CSc2ccc(Cl)cc2)s1. The Morgan fingerprint density at radius 3 is 2.60 bits per heavy atom. The smallest absolute Gasteiger partial charge is 0.308 e. The van der Waals surface area contributed by atoms with E-state index >= 15 is 0 Å². The highest BCUT2D eigenvalue weighted by Crippen LogP contribution is 2.27. The highest BCUT2D eigenvalue weighted by molar-refractivity contribution is 7.98. The Hall–Kier alpha value is -1.80. The summed E-state index contributed by atoms with van der Waals surface area (Å²) in [6.07, 6.45) is 0.